The summed E-state index contributed by atoms with van der Waals surface area (Å²) in [5, 5.41) is 3.57. The van der Waals surface area contributed by atoms with Crippen LogP contribution in [-0.2, 0) is 12.2 Å². The molecule has 4 heteroatoms. The topological polar surface area (TPSA) is 19.0 Å². The first-order valence-electron chi connectivity index (χ1n) is 9.06. The molecule has 3 aromatic rings. The molecule has 0 aliphatic rings. The number of aromatic nitrogens is 1. The first-order valence-corrected chi connectivity index (χ1v) is 10.9. The van der Waals surface area contributed by atoms with E-state index < -0.39 is 0 Å². The van der Waals surface area contributed by atoms with Gasteiger partial charge in [-0.15, -0.1) is 23.1 Å². The molecule has 2 aromatic heterocycles. The van der Waals surface area contributed by atoms with E-state index in [2.05, 4.69) is 79.5 Å². The second-order valence-electron chi connectivity index (χ2n) is 7.04. The highest BCUT2D eigenvalue weighted by atomic mass is 32.2. The summed E-state index contributed by atoms with van der Waals surface area (Å²) >= 11 is 3.79. The normalized spacial score (nSPS) is 12.1. The van der Waals surface area contributed by atoms with Gasteiger partial charge in [0.25, 0.3) is 0 Å². The zero-order valence-electron chi connectivity index (χ0n) is 15.6. The van der Waals surface area contributed by atoms with Crippen molar-refractivity contribution in [3.8, 4) is 0 Å². The van der Waals surface area contributed by atoms with Crippen LogP contribution in [0.15, 0.2) is 46.8 Å². The first kappa shape index (κ1) is 18.6. The van der Waals surface area contributed by atoms with Crippen LogP contribution in [0.4, 0.5) is 0 Å². The first-order chi connectivity index (χ1) is 12.1. The SMILES string of the molecule is CC(C)N(CCc1c[nH]c2cccc(SCc3cccs3)c12)C(C)C. The van der Waals surface area contributed by atoms with Gasteiger partial charge in [-0.2, -0.15) is 0 Å². The number of fused-ring (bicyclic) bond motifs is 1. The molecule has 2 heterocycles. The highest BCUT2D eigenvalue weighted by Crippen LogP contribution is 2.33. The molecular formula is C21H28N2S2. The molecule has 2 nitrogen and oxygen atoms in total. The summed E-state index contributed by atoms with van der Waals surface area (Å²) < 4.78 is 0. The lowest BCUT2D eigenvalue weighted by Crippen LogP contribution is -2.38. The molecule has 0 fully saturated rings. The third kappa shape index (κ3) is 4.49. The number of hydrogen-bond donors (Lipinski definition) is 1. The second-order valence-corrected chi connectivity index (χ2v) is 9.09. The maximum atomic E-state index is 3.47. The molecule has 0 bridgehead atoms. The average Bonchev–Trinajstić information content (AvgIpc) is 3.22. The maximum absolute atomic E-state index is 3.47. The number of nitrogens with one attached hydrogen (secondary N) is 1. The molecule has 25 heavy (non-hydrogen) atoms. The number of nitrogens with zero attached hydrogens (tertiary/aromatic N) is 1. The fourth-order valence-corrected chi connectivity index (χ4v) is 5.34. The summed E-state index contributed by atoms with van der Waals surface area (Å²) in [6.45, 7) is 10.3. The molecule has 0 saturated heterocycles. The van der Waals surface area contributed by atoms with Crippen LogP contribution in [-0.4, -0.2) is 28.5 Å². The van der Waals surface area contributed by atoms with Gasteiger partial charge < -0.3 is 4.98 Å². The van der Waals surface area contributed by atoms with E-state index in [1.165, 1.54) is 26.2 Å². The van der Waals surface area contributed by atoms with Crippen molar-refractivity contribution in [3.05, 3.63) is 52.3 Å². The van der Waals surface area contributed by atoms with E-state index in [9.17, 15) is 0 Å². The molecule has 0 aliphatic carbocycles. The zero-order valence-corrected chi connectivity index (χ0v) is 17.2. The van der Waals surface area contributed by atoms with Gasteiger partial charge in [0.2, 0.25) is 0 Å². The third-order valence-electron chi connectivity index (χ3n) is 4.67. The molecule has 0 spiro atoms. The molecule has 0 radical (unpaired) electrons. The summed E-state index contributed by atoms with van der Waals surface area (Å²) in [4.78, 5) is 8.87. The zero-order chi connectivity index (χ0) is 17.8. The van der Waals surface area contributed by atoms with Gasteiger partial charge in [-0.1, -0.05) is 12.1 Å². The number of rotatable bonds is 8. The fraction of sp³-hybridized carbons (Fsp3) is 0.429. The van der Waals surface area contributed by atoms with Gasteiger partial charge in [0.15, 0.2) is 0 Å². The van der Waals surface area contributed by atoms with Gasteiger partial charge in [-0.25, -0.2) is 0 Å². The Kier molecular flexibility index (Phi) is 6.26. The molecule has 0 amide bonds. The number of benzene rings is 1. The van der Waals surface area contributed by atoms with Crippen molar-refractivity contribution >= 4 is 34.0 Å². The van der Waals surface area contributed by atoms with E-state index >= 15 is 0 Å². The molecule has 0 aliphatic heterocycles. The van der Waals surface area contributed by atoms with E-state index in [0.29, 0.717) is 12.1 Å². The van der Waals surface area contributed by atoms with Crippen molar-refractivity contribution in [1.82, 2.24) is 9.88 Å². The van der Waals surface area contributed by atoms with E-state index in [4.69, 9.17) is 0 Å². The molecular weight excluding hydrogens is 344 g/mol. The number of H-pyrrole nitrogens is 1. The largest absolute Gasteiger partial charge is 0.361 e. The standard InChI is InChI=1S/C21H28N2S2/c1-15(2)23(16(3)4)11-10-17-13-22-19-8-5-9-20(21(17)19)25-14-18-7-6-12-24-18/h5-9,12-13,15-16,22H,10-11,14H2,1-4H3. The Morgan fingerprint density at radius 2 is 1.88 bits per heavy atom. The van der Waals surface area contributed by atoms with Crippen molar-refractivity contribution in [3.63, 3.8) is 0 Å². The highest BCUT2D eigenvalue weighted by molar-refractivity contribution is 7.98. The second kappa shape index (κ2) is 8.43. The number of aromatic amines is 1. The predicted molar refractivity (Wildman–Crippen MR) is 113 cm³/mol. The molecule has 0 unspecified atom stereocenters. The van der Waals surface area contributed by atoms with Crippen LogP contribution >= 0.6 is 23.1 Å². The van der Waals surface area contributed by atoms with E-state index in [-0.39, 0.29) is 0 Å². The van der Waals surface area contributed by atoms with Crippen LogP contribution in [0.2, 0.25) is 0 Å². The van der Waals surface area contributed by atoms with Crippen LogP contribution in [0.25, 0.3) is 10.9 Å². The Bertz CT molecular complexity index is 779. The molecule has 1 N–H and O–H groups in total. The minimum absolute atomic E-state index is 0.581. The van der Waals surface area contributed by atoms with Gasteiger partial charge >= 0.3 is 0 Å². The van der Waals surface area contributed by atoms with E-state index in [1.807, 2.05) is 23.1 Å². The lowest BCUT2D eigenvalue weighted by Gasteiger charge is -2.30. The van der Waals surface area contributed by atoms with Gasteiger partial charge in [0.05, 0.1) is 0 Å². The smallest absolute Gasteiger partial charge is 0.0468 e. The van der Waals surface area contributed by atoms with Crippen molar-refractivity contribution in [2.75, 3.05) is 6.54 Å². The van der Waals surface area contributed by atoms with Gasteiger partial charge in [0, 0.05) is 51.3 Å². The highest BCUT2D eigenvalue weighted by Gasteiger charge is 2.15. The van der Waals surface area contributed by atoms with Crippen molar-refractivity contribution in [1.29, 1.82) is 0 Å². The fourth-order valence-electron chi connectivity index (χ4n) is 3.44. The summed E-state index contributed by atoms with van der Waals surface area (Å²) in [7, 11) is 0. The number of thiophene rings is 1. The maximum Gasteiger partial charge on any atom is 0.0468 e. The molecule has 0 saturated carbocycles. The van der Waals surface area contributed by atoms with Gasteiger partial charge in [-0.05, 0) is 63.3 Å². The number of hydrogen-bond acceptors (Lipinski definition) is 3. The number of thioether (sulfide) groups is 1. The van der Waals surface area contributed by atoms with Crippen molar-refractivity contribution in [2.45, 2.75) is 56.8 Å². The molecule has 1 aromatic carbocycles. The minimum atomic E-state index is 0.581. The van der Waals surface area contributed by atoms with Crippen LogP contribution < -0.4 is 0 Å². The molecule has 0 atom stereocenters. The van der Waals surface area contributed by atoms with Gasteiger partial charge in [-0.3, -0.25) is 4.90 Å². The summed E-state index contributed by atoms with van der Waals surface area (Å²) in [5.74, 6) is 1.05. The van der Waals surface area contributed by atoms with Crippen LogP contribution in [0.1, 0.15) is 38.1 Å². The van der Waals surface area contributed by atoms with Gasteiger partial charge in [0.1, 0.15) is 0 Å². The molecule has 3 rings (SSSR count). The summed E-state index contributed by atoms with van der Waals surface area (Å²) in [6.07, 6.45) is 3.30. The Morgan fingerprint density at radius 3 is 2.56 bits per heavy atom. The Hall–Kier alpha value is -1.23. The van der Waals surface area contributed by atoms with Crippen LogP contribution in [0.5, 0.6) is 0 Å². The summed E-state index contributed by atoms with van der Waals surface area (Å²) in [6, 6.07) is 12.1. The Morgan fingerprint density at radius 1 is 1.08 bits per heavy atom. The average molecular weight is 373 g/mol. The van der Waals surface area contributed by atoms with Crippen LogP contribution in [0.3, 0.4) is 0 Å². The lowest BCUT2D eigenvalue weighted by molar-refractivity contribution is 0.177. The van der Waals surface area contributed by atoms with E-state index in [0.717, 1.165) is 18.7 Å². The van der Waals surface area contributed by atoms with Crippen molar-refractivity contribution < 1.29 is 0 Å². The van der Waals surface area contributed by atoms with E-state index in [1.54, 1.807) is 0 Å². The molecule has 134 valence electrons. The Balaban J connectivity index is 1.79. The quantitative estimate of drug-likeness (QED) is 0.476. The lowest BCUT2D eigenvalue weighted by atomic mass is 10.1. The third-order valence-corrected chi connectivity index (χ3v) is 6.83. The monoisotopic (exact) mass is 372 g/mol. The summed E-state index contributed by atoms with van der Waals surface area (Å²) in [5.41, 5.74) is 2.70. The predicted octanol–water partition coefficient (Wildman–Crippen LogP) is 6.18. The minimum Gasteiger partial charge on any atom is -0.361 e. The van der Waals surface area contributed by atoms with Crippen LogP contribution in [0, 0.1) is 0 Å². The Labute approximate surface area is 159 Å². The van der Waals surface area contributed by atoms with Crippen molar-refractivity contribution in [2.24, 2.45) is 0 Å².